The first kappa shape index (κ1) is 12.6. The van der Waals surface area contributed by atoms with Gasteiger partial charge in [0.05, 0.1) is 17.0 Å². The lowest BCUT2D eigenvalue weighted by atomic mass is 9.89. The van der Waals surface area contributed by atoms with E-state index in [0.29, 0.717) is 28.0 Å². The molecular formula is C16H15NO4. The summed E-state index contributed by atoms with van der Waals surface area (Å²) >= 11 is 0. The van der Waals surface area contributed by atoms with Gasteiger partial charge in [0.2, 0.25) is 0 Å². The number of benzene rings is 1. The van der Waals surface area contributed by atoms with Crippen molar-refractivity contribution in [3.63, 3.8) is 0 Å². The molecule has 1 aromatic rings. The molecule has 2 bridgehead atoms. The van der Waals surface area contributed by atoms with Crippen LogP contribution in [-0.4, -0.2) is 22.8 Å². The Hall–Kier alpha value is -2.17. The molecule has 0 aromatic heterocycles. The number of imide groups is 1. The molecule has 2 aliphatic carbocycles. The zero-order valence-corrected chi connectivity index (χ0v) is 11.5. The van der Waals surface area contributed by atoms with Gasteiger partial charge in [0.15, 0.2) is 0 Å². The zero-order valence-electron chi connectivity index (χ0n) is 11.5. The van der Waals surface area contributed by atoms with Gasteiger partial charge >= 0.3 is 5.97 Å². The van der Waals surface area contributed by atoms with Crippen molar-refractivity contribution >= 4 is 17.8 Å². The molecular weight excluding hydrogens is 270 g/mol. The molecule has 21 heavy (non-hydrogen) atoms. The summed E-state index contributed by atoms with van der Waals surface area (Å²) in [6.07, 6.45) is 4.13. The van der Waals surface area contributed by atoms with Crippen molar-refractivity contribution in [3.05, 3.63) is 35.4 Å². The number of hydroxylamine groups is 2. The summed E-state index contributed by atoms with van der Waals surface area (Å²) in [6, 6.07) is 6.51. The Morgan fingerprint density at radius 2 is 1.71 bits per heavy atom. The largest absolute Gasteiger partial charge is 0.336 e. The van der Waals surface area contributed by atoms with Crippen LogP contribution >= 0.6 is 0 Å². The van der Waals surface area contributed by atoms with Crippen molar-refractivity contribution in [2.45, 2.75) is 25.7 Å². The van der Waals surface area contributed by atoms with Gasteiger partial charge in [0, 0.05) is 0 Å². The molecule has 2 saturated carbocycles. The van der Waals surface area contributed by atoms with Crippen molar-refractivity contribution < 1.29 is 19.2 Å². The average molecular weight is 285 g/mol. The number of carbonyl (C=O) groups excluding carboxylic acids is 3. The Morgan fingerprint density at radius 1 is 1.05 bits per heavy atom. The molecule has 5 heteroatoms. The number of hydrogen-bond acceptors (Lipinski definition) is 4. The Balaban J connectivity index is 1.52. The molecule has 3 atom stereocenters. The van der Waals surface area contributed by atoms with Gasteiger partial charge in [-0.15, -0.1) is 0 Å². The Bertz CT molecular complexity index is 618. The van der Waals surface area contributed by atoms with Crippen LogP contribution in [0.4, 0.5) is 0 Å². The number of amides is 2. The maximum Gasteiger partial charge on any atom is 0.336 e. The predicted octanol–water partition coefficient (Wildman–Crippen LogP) is 2.18. The minimum atomic E-state index is -0.549. The topological polar surface area (TPSA) is 63.7 Å². The molecule has 1 aliphatic heterocycles. The van der Waals surface area contributed by atoms with E-state index in [2.05, 4.69) is 0 Å². The lowest BCUT2D eigenvalue weighted by Crippen LogP contribution is -2.36. The summed E-state index contributed by atoms with van der Waals surface area (Å²) in [5.41, 5.74) is 0.589. The maximum absolute atomic E-state index is 12.3. The highest BCUT2D eigenvalue weighted by molar-refractivity contribution is 6.20. The van der Waals surface area contributed by atoms with Crippen LogP contribution in [0.1, 0.15) is 46.4 Å². The first-order valence-electron chi connectivity index (χ1n) is 7.35. The van der Waals surface area contributed by atoms with E-state index in [1.54, 1.807) is 24.3 Å². The number of rotatable bonds is 2. The Kier molecular flexibility index (Phi) is 2.64. The van der Waals surface area contributed by atoms with Crippen LogP contribution in [0.25, 0.3) is 0 Å². The van der Waals surface area contributed by atoms with Crippen LogP contribution in [0.2, 0.25) is 0 Å². The van der Waals surface area contributed by atoms with Crippen LogP contribution in [0.3, 0.4) is 0 Å². The van der Waals surface area contributed by atoms with E-state index in [1.807, 2.05) is 0 Å². The molecule has 0 spiro atoms. The number of nitrogens with zero attached hydrogens (tertiary/aromatic N) is 1. The second kappa shape index (κ2) is 4.41. The van der Waals surface area contributed by atoms with E-state index in [9.17, 15) is 14.4 Å². The first-order chi connectivity index (χ1) is 10.1. The molecule has 1 aromatic carbocycles. The Labute approximate surface area is 121 Å². The summed E-state index contributed by atoms with van der Waals surface area (Å²) in [6.45, 7) is 0. The molecule has 3 aliphatic rings. The third-order valence-corrected chi connectivity index (χ3v) is 4.98. The third-order valence-electron chi connectivity index (χ3n) is 4.98. The standard InChI is InChI=1S/C16H15NO4/c18-14-11-3-1-2-4-12(11)15(19)17(14)21-16(20)13-8-9-5-6-10(13)7-9/h1-4,9-10,13H,5-8H2. The monoisotopic (exact) mass is 285 g/mol. The fourth-order valence-electron chi connectivity index (χ4n) is 3.94. The van der Waals surface area contributed by atoms with Crippen LogP contribution in [-0.2, 0) is 9.63 Å². The fraction of sp³-hybridized carbons (Fsp3) is 0.438. The van der Waals surface area contributed by atoms with Gasteiger partial charge in [-0.3, -0.25) is 9.59 Å². The van der Waals surface area contributed by atoms with Crippen molar-refractivity contribution in [1.82, 2.24) is 5.06 Å². The zero-order chi connectivity index (χ0) is 14.6. The smallest absolute Gasteiger partial charge is 0.329 e. The van der Waals surface area contributed by atoms with Gasteiger partial charge in [0.1, 0.15) is 0 Å². The number of carbonyl (C=O) groups is 3. The van der Waals surface area contributed by atoms with Crippen LogP contribution < -0.4 is 0 Å². The highest BCUT2D eigenvalue weighted by atomic mass is 16.7. The van der Waals surface area contributed by atoms with E-state index < -0.39 is 17.8 Å². The lowest BCUT2D eigenvalue weighted by molar-refractivity contribution is -0.175. The normalized spacial score (nSPS) is 29.9. The second-order valence-corrected chi connectivity index (χ2v) is 6.14. The molecule has 0 saturated heterocycles. The fourth-order valence-corrected chi connectivity index (χ4v) is 3.94. The second-order valence-electron chi connectivity index (χ2n) is 6.14. The van der Waals surface area contributed by atoms with Crippen molar-refractivity contribution in [1.29, 1.82) is 0 Å². The quantitative estimate of drug-likeness (QED) is 0.781. The molecule has 0 radical (unpaired) electrons. The molecule has 0 N–H and O–H groups in total. The van der Waals surface area contributed by atoms with Gasteiger partial charge in [-0.2, -0.15) is 0 Å². The van der Waals surface area contributed by atoms with Crippen molar-refractivity contribution in [2.75, 3.05) is 0 Å². The van der Waals surface area contributed by atoms with E-state index in [4.69, 9.17) is 4.84 Å². The maximum atomic E-state index is 12.3. The van der Waals surface area contributed by atoms with E-state index >= 15 is 0 Å². The summed E-state index contributed by atoms with van der Waals surface area (Å²) in [7, 11) is 0. The van der Waals surface area contributed by atoms with E-state index in [0.717, 1.165) is 19.3 Å². The number of hydrogen-bond donors (Lipinski definition) is 0. The van der Waals surface area contributed by atoms with Gasteiger partial charge < -0.3 is 4.84 Å². The molecule has 108 valence electrons. The predicted molar refractivity (Wildman–Crippen MR) is 72.0 cm³/mol. The minimum Gasteiger partial charge on any atom is -0.329 e. The van der Waals surface area contributed by atoms with Gasteiger partial charge in [-0.1, -0.05) is 23.6 Å². The van der Waals surface area contributed by atoms with Crippen molar-refractivity contribution in [3.8, 4) is 0 Å². The van der Waals surface area contributed by atoms with Gasteiger partial charge in [-0.25, -0.2) is 4.79 Å². The molecule has 2 fully saturated rings. The molecule has 3 unspecified atom stereocenters. The van der Waals surface area contributed by atoms with E-state index in [-0.39, 0.29) is 5.92 Å². The van der Waals surface area contributed by atoms with Crippen LogP contribution in [0.15, 0.2) is 24.3 Å². The molecule has 4 rings (SSSR count). The number of fused-ring (bicyclic) bond motifs is 3. The average Bonchev–Trinajstić information content (AvgIpc) is 3.18. The third kappa shape index (κ3) is 1.80. The summed E-state index contributed by atoms with van der Waals surface area (Å²) in [5.74, 6) is -0.726. The highest BCUT2D eigenvalue weighted by Crippen LogP contribution is 2.48. The van der Waals surface area contributed by atoms with E-state index in [1.165, 1.54) is 6.42 Å². The van der Waals surface area contributed by atoms with Gasteiger partial charge in [0.25, 0.3) is 11.8 Å². The lowest BCUT2D eigenvalue weighted by Gasteiger charge is -2.21. The Morgan fingerprint density at radius 3 is 2.24 bits per heavy atom. The highest BCUT2D eigenvalue weighted by Gasteiger charge is 2.46. The minimum absolute atomic E-state index is 0.159. The molecule has 2 amide bonds. The SMILES string of the molecule is O=C(ON1C(=O)c2ccccc2C1=O)C1CC2CCC1C2. The molecule has 1 heterocycles. The van der Waals surface area contributed by atoms with Crippen LogP contribution in [0, 0.1) is 17.8 Å². The summed E-state index contributed by atoms with van der Waals surface area (Å²) < 4.78 is 0. The van der Waals surface area contributed by atoms with Gasteiger partial charge in [-0.05, 0) is 43.2 Å². The van der Waals surface area contributed by atoms with Crippen LogP contribution in [0.5, 0.6) is 0 Å². The summed E-state index contributed by atoms with van der Waals surface area (Å²) in [5, 5.41) is 0.624. The van der Waals surface area contributed by atoms with Crippen molar-refractivity contribution in [2.24, 2.45) is 17.8 Å². The first-order valence-corrected chi connectivity index (χ1v) is 7.35. The molecule has 5 nitrogen and oxygen atoms in total. The summed E-state index contributed by atoms with van der Waals surface area (Å²) in [4.78, 5) is 41.7.